The van der Waals surface area contributed by atoms with E-state index in [0.717, 1.165) is 192 Å². The topological polar surface area (TPSA) is 62.8 Å². The molecule has 9 heteroatoms. The first-order valence-corrected chi connectivity index (χ1v) is 41.1. The van der Waals surface area contributed by atoms with Gasteiger partial charge in [0.05, 0.1) is 40.3 Å². The molecule has 18 aromatic carbocycles. The van der Waals surface area contributed by atoms with Crippen LogP contribution >= 0.6 is 0 Å². The average molecular weight is 1570 g/mol. The zero-order valence-electron chi connectivity index (χ0n) is 66.2. The van der Waals surface area contributed by atoms with Gasteiger partial charge < -0.3 is 28.7 Å². The summed E-state index contributed by atoms with van der Waals surface area (Å²) in [7, 11) is 0. The normalized spacial score (nSPS) is 12.0. The van der Waals surface area contributed by atoms with Crippen LogP contribution in [0.5, 0.6) is 46.0 Å². The zero-order chi connectivity index (χ0) is 80.8. The van der Waals surface area contributed by atoms with E-state index >= 15 is 0 Å². The van der Waals surface area contributed by atoms with Gasteiger partial charge in [0.25, 0.3) is 0 Å². The van der Waals surface area contributed by atoms with Crippen LogP contribution in [0.3, 0.4) is 0 Å². The molecule has 0 fully saturated rings. The third kappa shape index (κ3) is 13.7. The first-order chi connectivity index (χ1) is 60.4. The number of rotatable bonds is 15. The molecule has 122 heavy (non-hydrogen) atoms. The lowest BCUT2D eigenvalue weighted by Crippen LogP contribution is -2.20. The molecule has 576 valence electrons. The Morgan fingerprint density at radius 2 is 0.393 bits per heavy atom. The molecule has 0 saturated carbocycles. The number of para-hydroxylation sites is 9. The van der Waals surface area contributed by atoms with Crippen molar-refractivity contribution in [3.05, 3.63) is 455 Å². The molecule has 0 atom stereocenters. The van der Waals surface area contributed by atoms with Crippen LogP contribution in [0.25, 0.3) is 100 Å². The molecule has 0 aliphatic carbocycles. The summed E-state index contributed by atoms with van der Waals surface area (Å²) in [5.74, 6) is 6.35. The Bertz CT molecular complexity index is 6850. The number of benzene rings is 18. The minimum Gasteiger partial charge on any atom is -0.453 e. The van der Waals surface area contributed by atoms with Gasteiger partial charge in [0, 0.05) is 34.0 Å². The van der Waals surface area contributed by atoms with Crippen LogP contribution in [-0.2, 0) is 0 Å². The molecule has 23 rings (SSSR count). The number of hydrogen-bond acceptors (Lipinski definition) is 9. The van der Waals surface area contributed by atoms with Crippen molar-refractivity contribution in [1.29, 1.82) is 0 Å². The molecular weight excluding hydrogens is 1490 g/mol. The molecule has 4 aliphatic heterocycles. The Morgan fingerprint density at radius 1 is 0.164 bits per heavy atom. The first kappa shape index (κ1) is 72.0. The van der Waals surface area contributed by atoms with E-state index in [4.69, 9.17) is 23.9 Å². The lowest BCUT2D eigenvalue weighted by Gasteiger charge is -2.38. The SMILES string of the molecule is c1ccc(-c2ccc(N(c3ccc(-c4ccc(-c5cccc(-c6cc7c8c(c6)Oc6ccccc6N8c6ccccc6O7)c5)cc4)cc3)c3ccc(-c4ccccc4)nc3)cc2)cc1.c1ccc(-c2ccc(N(c3ccccc3)c3ccc(-c4ccc(-c5cccc(-c6cc7c8c(c6)Oc6ccccc6N8c6ccccc6O7)c5)cc4)cc3)cc2)cc1. The van der Waals surface area contributed by atoms with Crippen LogP contribution < -0.4 is 38.5 Å². The number of pyridine rings is 1. The van der Waals surface area contributed by atoms with Gasteiger partial charge in [-0.25, -0.2) is 0 Å². The number of ether oxygens (including phenoxy) is 4. The molecule has 0 spiro atoms. The fraction of sp³-hybridized carbons (Fsp3) is 0. The number of fused-ring (bicyclic) bond motifs is 8. The fourth-order valence-electron chi connectivity index (χ4n) is 17.1. The average Bonchev–Trinajstić information content (AvgIpc) is 0.727. The number of nitrogens with zero attached hydrogens (tertiary/aromatic N) is 5. The van der Waals surface area contributed by atoms with Crippen molar-refractivity contribution in [3.63, 3.8) is 0 Å². The maximum Gasteiger partial charge on any atom is 0.156 e. The van der Waals surface area contributed by atoms with Crippen molar-refractivity contribution in [1.82, 2.24) is 4.98 Å². The van der Waals surface area contributed by atoms with Gasteiger partial charge in [-0.05, 0) is 247 Å². The van der Waals surface area contributed by atoms with Crippen molar-refractivity contribution in [2.24, 2.45) is 0 Å². The fourth-order valence-corrected chi connectivity index (χ4v) is 17.1. The van der Waals surface area contributed by atoms with Crippen LogP contribution in [0.4, 0.5) is 68.2 Å². The Hall–Kier alpha value is -16.5. The van der Waals surface area contributed by atoms with E-state index in [2.05, 4.69) is 371 Å². The van der Waals surface area contributed by atoms with Crippen LogP contribution in [0.1, 0.15) is 0 Å². The molecule has 0 amide bonds. The van der Waals surface area contributed by atoms with Crippen LogP contribution in [0, 0.1) is 0 Å². The molecule has 0 bridgehead atoms. The summed E-state index contributed by atoms with van der Waals surface area (Å²) in [6, 6.07) is 157. The van der Waals surface area contributed by atoms with Crippen molar-refractivity contribution >= 4 is 68.2 Å². The van der Waals surface area contributed by atoms with Crippen molar-refractivity contribution in [2.75, 3.05) is 19.6 Å². The second-order valence-electron chi connectivity index (χ2n) is 30.6. The van der Waals surface area contributed by atoms with Gasteiger partial charge in [0.1, 0.15) is 11.4 Å². The third-order valence-corrected chi connectivity index (χ3v) is 23.1. The third-order valence-electron chi connectivity index (χ3n) is 23.1. The van der Waals surface area contributed by atoms with Crippen LogP contribution in [0.15, 0.2) is 455 Å². The van der Waals surface area contributed by atoms with Gasteiger partial charge in [-0.1, -0.05) is 291 Å². The Morgan fingerprint density at radius 3 is 0.705 bits per heavy atom. The molecule has 0 saturated heterocycles. The van der Waals surface area contributed by atoms with E-state index in [1.807, 2.05) is 103 Å². The highest BCUT2D eigenvalue weighted by Crippen LogP contribution is 2.63. The molecule has 4 aliphatic rings. The smallest absolute Gasteiger partial charge is 0.156 e. The van der Waals surface area contributed by atoms with E-state index in [1.165, 1.54) is 22.3 Å². The molecule has 0 unspecified atom stereocenters. The molecule has 0 radical (unpaired) electrons. The van der Waals surface area contributed by atoms with Crippen LogP contribution in [0.2, 0.25) is 0 Å². The predicted molar refractivity (Wildman–Crippen MR) is 499 cm³/mol. The minimum absolute atomic E-state index is 0.767. The molecule has 1 aromatic heterocycles. The second-order valence-corrected chi connectivity index (χ2v) is 30.6. The second kappa shape index (κ2) is 31.2. The van der Waals surface area contributed by atoms with E-state index in [-0.39, 0.29) is 0 Å². The maximum atomic E-state index is 6.55. The standard InChI is InChI=1S/C59H39N3O2.C54H36N2O2/c1-3-12-40(13-4-1)42-26-30-49(31-27-42)61(51-34-35-52(60-39-51)45-14-5-2-6-15-45)50-32-28-43(29-33-50)41-22-24-44(25-23-41)46-16-11-17-47(36-46)48-37-57-59-58(38-48)64-56-21-10-8-19-54(56)62(59)53-18-7-9-20-55(53)63-57;1-3-12-37(13-4-1)39-26-30-46(31-27-39)55(45-16-5-2-6-17-45)47-32-28-40(29-33-47)38-22-24-41(25-23-38)42-14-11-15-43(34-42)44-35-52-54-53(36-44)58-51-21-10-8-19-49(51)56(54)48-18-7-9-20-50(48)57-52/h1-39H;1-36H. The largest absolute Gasteiger partial charge is 0.453 e. The van der Waals surface area contributed by atoms with E-state index in [0.29, 0.717) is 0 Å². The first-order valence-electron chi connectivity index (χ1n) is 41.1. The quantitative estimate of drug-likeness (QED) is 0.0999. The number of aromatic nitrogens is 1. The van der Waals surface area contributed by atoms with Crippen molar-refractivity contribution in [3.8, 4) is 146 Å². The Kier molecular flexibility index (Phi) is 18.4. The minimum atomic E-state index is 0.767. The summed E-state index contributed by atoms with van der Waals surface area (Å²) in [5.41, 5.74) is 32.4. The molecule has 9 nitrogen and oxygen atoms in total. The van der Waals surface area contributed by atoms with E-state index in [9.17, 15) is 0 Å². The molecule has 5 heterocycles. The zero-order valence-corrected chi connectivity index (χ0v) is 66.2. The molecular formula is C113H75N5O4. The number of anilines is 12. The van der Waals surface area contributed by atoms with E-state index in [1.54, 1.807) is 0 Å². The summed E-state index contributed by atoms with van der Waals surface area (Å²) >= 11 is 0. The molecule has 0 N–H and O–H groups in total. The van der Waals surface area contributed by atoms with Gasteiger partial charge in [-0.15, -0.1) is 0 Å². The number of hydrogen-bond donors (Lipinski definition) is 0. The van der Waals surface area contributed by atoms with Gasteiger partial charge in [0.2, 0.25) is 0 Å². The van der Waals surface area contributed by atoms with Gasteiger partial charge in [-0.3, -0.25) is 14.8 Å². The van der Waals surface area contributed by atoms with Gasteiger partial charge in [-0.2, -0.15) is 0 Å². The van der Waals surface area contributed by atoms with Gasteiger partial charge >= 0.3 is 0 Å². The van der Waals surface area contributed by atoms with E-state index < -0.39 is 0 Å². The van der Waals surface area contributed by atoms with Crippen molar-refractivity contribution in [2.45, 2.75) is 0 Å². The highest BCUT2D eigenvalue weighted by molar-refractivity contribution is 5.98. The summed E-state index contributed by atoms with van der Waals surface area (Å²) < 4.78 is 26.2. The van der Waals surface area contributed by atoms with Crippen molar-refractivity contribution < 1.29 is 18.9 Å². The monoisotopic (exact) mass is 1570 g/mol. The maximum absolute atomic E-state index is 6.55. The highest BCUT2D eigenvalue weighted by atomic mass is 16.5. The van der Waals surface area contributed by atoms with Crippen LogP contribution in [-0.4, -0.2) is 4.98 Å². The molecule has 19 aromatic rings. The van der Waals surface area contributed by atoms with Gasteiger partial charge in [0.15, 0.2) is 46.0 Å². The summed E-state index contributed by atoms with van der Waals surface area (Å²) in [5, 5.41) is 0. The lowest BCUT2D eigenvalue weighted by atomic mass is 9.96. The lowest BCUT2D eigenvalue weighted by molar-refractivity contribution is 0.446. The Balaban J connectivity index is 0.000000146. The predicted octanol–water partition coefficient (Wildman–Crippen LogP) is 32.1. The summed E-state index contributed by atoms with van der Waals surface area (Å²) in [6.45, 7) is 0. The summed E-state index contributed by atoms with van der Waals surface area (Å²) in [4.78, 5) is 14.0. The Labute approximate surface area is 708 Å². The summed E-state index contributed by atoms with van der Waals surface area (Å²) in [6.07, 6.45) is 1.96. The highest BCUT2D eigenvalue weighted by Gasteiger charge is 2.37.